The molecule has 0 atom stereocenters. The van der Waals surface area contributed by atoms with Crippen molar-refractivity contribution in [3.8, 4) is 0 Å². The van der Waals surface area contributed by atoms with Crippen molar-refractivity contribution in [3.63, 3.8) is 0 Å². The number of fused-ring (bicyclic) bond motifs is 1. The Hall–Kier alpha value is -2.56. The average Bonchev–Trinajstić information content (AvgIpc) is 2.63. The van der Waals surface area contributed by atoms with Gasteiger partial charge in [0.2, 0.25) is 0 Å². The Kier molecular flexibility index (Phi) is 5.76. The van der Waals surface area contributed by atoms with E-state index in [4.69, 9.17) is 27.9 Å². The molecule has 1 N–H and O–H groups in total. The molecule has 0 unspecified atom stereocenters. The first-order valence-corrected chi connectivity index (χ1v) is 8.65. The maximum Gasteiger partial charge on any atom is 0.310 e. The Morgan fingerprint density at radius 1 is 0.885 bits per heavy atom. The van der Waals surface area contributed by atoms with Crippen LogP contribution in [0.15, 0.2) is 60.7 Å². The van der Waals surface area contributed by atoms with Gasteiger partial charge < -0.3 is 10.1 Å². The summed E-state index contributed by atoms with van der Waals surface area (Å²) >= 11 is 11.7. The number of esters is 1. The number of benzene rings is 3. The van der Waals surface area contributed by atoms with Crippen LogP contribution in [0.5, 0.6) is 0 Å². The van der Waals surface area contributed by atoms with Gasteiger partial charge in [-0.2, -0.15) is 0 Å². The minimum atomic E-state index is -0.517. The van der Waals surface area contributed by atoms with Crippen LogP contribution in [-0.2, 0) is 20.7 Å². The molecular formula is C20H15Cl2NO3. The molecule has 3 rings (SSSR count). The molecule has 0 heterocycles. The van der Waals surface area contributed by atoms with Gasteiger partial charge in [0.05, 0.1) is 16.5 Å². The van der Waals surface area contributed by atoms with Gasteiger partial charge in [-0.25, -0.2) is 0 Å². The van der Waals surface area contributed by atoms with E-state index in [9.17, 15) is 9.59 Å². The number of hydrogen-bond acceptors (Lipinski definition) is 3. The van der Waals surface area contributed by atoms with Gasteiger partial charge in [-0.1, -0.05) is 59.6 Å². The molecule has 26 heavy (non-hydrogen) atoms. The van der Waals surface area contributed by atoms with Crippen LogP contribution in [0.25, 0.3) is 10.8 Å². The summed E-state index contributed by atoms with van der Waals surface area (Å²) in [5.74, 6) is -0.917. The van der Waals surface area contributed by atoms with Gasteiger partial charge in [0.1, 0.15) is 0 Å². The summed E-state index contributed by atoms with van der Waals surface area (Å²) in [4.78, 5) is 23.8. The lowest BCUT2D eigenvalue weighted by Gasteiger charge is -2.08. The summed E-state index contributed by atoms with van der Waals surface area (Å²) in [6.45, 7) is -0.354. The molecule has 0 radical (unpaired) electrons. The first-order valence-electron chi connectivity index (χ1n) is 7.89. The van der Waals surface area contributed by atoms with E-state index >= 15 is 0 Å². The minimum Gasteiger partial charge on any atom is -0.455 e. The lowest BCUT2D eigenvalue weighted by molar-refractivity contribution is -0.146. The third-order valence-corrected chi connectivity index (χ3v) is 4.47. The molecule has 0 saturated carbocycles. The number of carbonyl (C=O) groups is 2. The van der Waals surface area contributed by atoms with Crippen molar-refractivity contribution in [2.45, 2.75) is 6.42 Å². The normalized spacial score (nSPS) is 10.5. The van der Waals surface area contributed by atoms with Crippen molar-refractivity contribution in [2.24, 2.45) is 0 Å². The number of carbonyl (C=O) groups excluding carboxylic acids is 2. The standard InChI is InChI=1S/C20H15Cl2NO3/c21-17-8-5-13(9-18(17)22)10-20(25)26-12-19(24)23-16-7-6-14-3-1-2-4-15(14)11-16/h1-9,11H,10,12H2,(H,23,24). The van der Waals surface area contributed by atoms with Gasteiger partial charge in [0, 0.05) is 5.69 Å². The van der Waals surface area contributed by atoms with Crippen molar-refractivity contribution in [1.29, 1.82) is 0 Å². The zero-order valence-electron chi connectivity index (χ0n) is 13.7. The Bertz CT molecular complexity index is 972. The van der Waals surface area contributed by atoms with Gasteiger partial charge in [-0.15, -0.1) is 0 Å². The molecule has 3 aromatic carbocycles. The van der Waals surface area contributed by atoms with E-state index in [1.165, 1.54) is 0 Å². The van der Waals surface area contributed by atoms with Crippen LogP contribution in [0, 0.1) is 0 Å². The first-order chi connectivity index (χ1) is 12.5. The summed E-state index contributed by atoms with van der Waals surface area (Å²) in [6.07, 6.45) is 0.0140. The summed E-state index contributed by atoms with van der Waals surface area (Å²) in [5, 5.41) is 5.59. The lowest BCUT2D eigenvalue weighted by atomic mass is 10.1. The van der Waals surface area contributed by atoms with Crippen LogP contribution in [0.1, 0.15) is 5.56 Å². The van der Waals surface area contributed by atoms with Crippen LogP contribution in [0.2, 0.25) is 10.0 Å². The molecule has 0 saturated heterocycles. The van der Waals surface area contributed by atoms with Crippen LogP contribution in [0.4, 0.5) is 5.69 Å². The number of anilines is 1. The van der Waals surface area contributed by atoms with Gasteiger partial charge >= 0.3 is 5.97 Å². The fourth-order valence-electron chi connectivity index (χ4n) is 2.48. The van der Waals surface area contributed by atoms with Gasteiger partial charge in [0.15, 0.2) is 6.61 Å². The van der Waals surface area contributed by atoms with Gasteiger partial charge in [-0.3, -0.25) is 9.59 Å². The Morgan fingerprint density at radius 3 is 2.42 bits per heavy atom. The molecule has 0 spiro atoms. The summed E-state index contributed by atoms with van der Waals surface area (Å²) < 4.78 is 5.01. The monoisotopic (exact) mass is 387 g/mol. The molecule has 6 heteroatoms. The fraction of sp³-hybridized carbons (Fsp3) is 0.100. The molecule has 132 valence electrons. The SMILES string of the molecule is O=C(COC(=O)Cc1ccc(Cl)c(Cl)c1)Nc1ccc2ccccc2c1. The van der Waals surface area contributed by atoms with Gasteiger partial charge in [-0.05, 0) is 40.6 Å². The van der Waals surface area contributed by atoms with Crippen LogP contribution in [0.3, 0.4) is 0 Å². The van der Waals surface area contributed by atoms with E-state index in [2.05, 4.69) is 5.32 Å². The molecule has 4 nitrogen and oxygen atoms in total. The van der Waals surface area contributed by atoms with E-state index in [-0.39, 0.29) is 13.0 Å². The average molecular weight is 388 g/mol. The quantitative estimate of drug-likeness (QED) is 0.635. The third-order valence-electron chi connectivity index (χ3n) is 3.73. The van der Waals surface area contributed by atoms with Gasteiger partial charge in [0.25, 0.3) is 5.91 Å². The zero-order valence-corrected chi connectivity index (χ0v) is 15.2. The highest BCUT2D eigenvalue weighted by molar-refractivity contribution is 6.42. The highest BCUT2D eigenvalue weighted by Crippen LogP contribution is 2.23. The molecule has 0 aromatic heterocycles. The fourth-order valence-corrected chi connectivity index (χ4v) is 2.80. The van der Waals surface area contributed by atoms with E-state index in [0.717, 1.165) is 10.8 Å². The number of hydrogen-bond donors (Lipinski definition) is 1. The van der Waals surface area contributed by atoms with Crippen molar-refractivity contribution >= 4 is 51.5 Å². The third kappa shape index (κ3) is 4.75. The van der Waals surface area contributed by atoms with Crippen molar-refractivity contribution in [3.05, 3.63) is 76.3 Å². The summed E-state index contributed by atoms with van der Waals surface area (Å²) in [5.41, 5.74) is 1.31. The van der Waals surface area contributed by atoms with Crippen LogP contribution >= 0.6 is 23.2 Å². The molecule has 1 amide bonds. The number of nitrogens with one attached hydrogen (secondary N) is 1. The minimum absolute atomic E-state index is 0.0140. The zero-order chi connectivity index (χ0) is 18.5. The smallest absolute Gasteiger partial charge is 0.310 e. The molecule has 0 aliphatic carbocycles. The van der Waals surface area contributed by atoms with E-state index in [1.807, 2.05) is 36.4 Å². The van der Waals surface area contributed by atoms with E-state index < -0.39 is 11.9 Å². The lowest BCUT2D eigenvalue weighted by Crippen LogP contribution is -2.21. The molecule has 0 aliphatic rings. The van der Waals surface area contributed by atoms with Crippen molar-refractivity contribution in [1.82, 2.24) is 0 Å². The second-order valence-electron chi connectivity index (χ2n) is 5.70. The maximum absolute atomic E-state index is 12.0. The molecular weight excluding hydrogens is 373 g/mol. The molecule has 3 aromatic rings. The molecule has 0 fully saturated rings. The number of amides is 1. The predicted molar refractivity (Wildman–Crippen MR) is 104 cm³/mol. The Balaban J connectivity index is 1.52. The second kappa shape index (κ2) is 8.21. The Labute approximate surface area is 160 Å². The largest absolute Gasteiger partial charge is 0.455 e. The number of ether oxygens (including phenoxy) is 1. The molecule has 0 bridgehead atoms. The summed E-state index contributed by atoms with van der Waals surface area (Å²) in [6, 6.07) is 18.3. The predicted octanol–water partition coefficient (Wildman–Crippen LogP) is 4.87. The van der Waals surface area contributed by atoms with Crippen LogP contribution in [-0.4, -0.2) is 18.5 Å². The first kappa shape index (κ1) is 18.2. The maximum atomic E-state index is 12.0. The van der Waals surface area contributed by atoms with Crippen molar-refractivity contribution < 1.29 is 14.3 Å². The topological polar surface area (TPSA) is 55.4 Å². The number of halogens is 2. The van der Waals surface area contributed by atoms with E-state index in [1.54, 1.807) is 24.3 Å². The number of rotatable bonds is 5. The second-order valence-corrected chi connectivity index (χ2v) is 6.51. The molecule has 0 aliphatic heterocycles. The highest BCUT2D eigenvalue weighted by Gasteiger charge is 2.10. The Morgan fingerprint density at radius 2 is 1.65 bits per heavy atom. The van der Waals surface area contributed by atoms with E-state index in [0.29, 0.717) is 21.3 Å². The van der Waals surface area contributed by atoms with Crippen molar-refractivity contribution in [2.75, 3.05) is 11.9 Å². The highest BCUT2D eigenvalue weighted by atomic mass is 35.5. The summed E-state index contributed by atoms with van der Waals surface area (Å²) in [7, 11) is 0. The van der Waals surface area contributed by atoms with Crippen LogP contribution < -0.4 is 5.32 Å².